The highest BCUT2D eigenvalue weighted by atomic mass is 79.9. The highest BCUT2D eigenvalue weighted by Gasteiger charge is 2.23. The molecule has 0 bridgehead atoms. The van der Waals surface area contributed by atoms with Crippen LogP contribution in [0.1, 0.15) is 20.8 Å². The molecule has 0 aliphatic carbocycles. The van der Waals surface area contributed by atoms with Crippen molar-refractivity contribution in [1.29, 1.82) is 0 Å². The monoisotopic (exact) mass is 311 g/mol. The molecule has 0 radical (unpaired) electrons. The first kappa shape index (κ1) is 14.8. The topological polar surface area (TPSA) is 29.5 Å². The smallest absolute Gasteiger partial charge is 0.415 e. The van der Waals surface area contributed by atoms with Gasteiger partial charge in [-0.05, 0) is 32.9 Å². The molecule has 0 fully saturated rings. The lowest BCUT2D eigenvalue weighted by molar-refractivity contribution is 0.0584. The maximum atomic E-state index is 12.1. The van der Waals surface area contributed by atoms with Crippen molar-refractivity contribution in [1.82, 2.24) is 0 Å². The van der Waals surface area contributed by atoms with Crippen molar-refractivity contribution in [2.24, 2.45) is 0 Å². The first-order valence-corrected chi connectivity index (χ1v) is 6.48. The van der Waals surface area contributed by atoms with E-state index >= 15 is 0 Å². The Morgan fingerprint density at radius 2 is 1.89 bits per heavy atom. The van der Waals surface area contributed by atoms with Crippen molar-refractivity contribution in [3.63, 3.8) is 0 Å². The lowest BCUT2D eigenvalue weighted by Gasteiger charge is -2.27. The molecule has 1 rings (SSSR count). The second-order valence-corrected chi connectivity index (χ2v) is 6.04. The Morgan fingerprint density at radius 3 is 2.33 bits per heavy atom. The van der Waals surface area contributed by atoms with Gasteiger partial charge in [-0.2, -0.15) is 0 Å². The van der Waals surface area contributed by atoms with Gasteiger partial charge < -0.3 is 4.74 Å². The van der Waals surface area contributed by atoms with Crippen molar-refractivity contribution in [3.05, 3.63) is 41.4 Å². The maximum Gasteiger partial charge on any atom is 0.415 e. The number of anilines is 1. The molecule has 0 aromatic heterocycles. The predicted octanol–water partition coefficient (Wildman–Crippen LogP) is 4.34. The number of hydrogen-bond acceptors (Lipinski definition) is 2. The van der Waals surface area contributed by atoms with Gasteiger partial charge in [-0.15, -0.1) is 0 Å². The van der Waals surface area contributed by atoms with Gasteiger partial charge in [-0.3, -0.25) is 4.90 Å². The van der Waals surface area contributed by atoms with Crippen LogP contribution in [0.2, 0.25) is 0 Å². The quantitative estimate of drug-likeness (QED) is 0.831. The van der Waals surface area contributed by atoms with Crippen molar-refractivity contribution in [3.8, 4) is 0 Å². The van der Waals surface area contributed by atoms with E-state index in [0.29, 0.717) is 6.54 Å². The SMILES string of the molecule is C=C(Br)CN(C(=O)OC(C)(C)C)c1ccccc1. The number of carbonyl (C=O) groups is 1. The largest absolute Gasteiger partial charge is 0.443 e. The third-order valence-corrected chi connectivity index (χ3v) is 2.26. The van der Waals surface area contributed by atoms with E-state index in [1.165, 1.54) is 0 Å². The van der Waals surface area contributed by atoms with E-state index < -0.39 is 5.60 Å². The number of halogens is 1. The number of hydrogen-bond donors (Lipinski definition) is 0. The zero-order valence-electron chi connectivity index (χ0n) is 10.9. The van der Waals surface area contributed by atoms with E-state index in [1.807, 2.05) is 51.1 Å². The van der Waals surface area contributed by atoms with Crippen LogP contribution in [0.3, 0.4) is 0 Å². The lowest BCUT2D eigenvalue weighted by atomic mass is 10.2. The standard InChI is InChI=1S/C14H18BrNO2/c1-11(15)10-16(12-8-6-5-7-9-12)13(17)18-14(2,3)4/h5-9H,1,10H2,2-4H3. The van der Waals surface area contributed by atoms with Crippen LogP contribution in [0.4, 0.5) is 10.5 Å². The van der Waals surface area contributed by atoms with Crippen LogP contribution < -0.4 is 4.90 Å². The van der Waals surface area contributed by atoms with Gasteiger partial charge in [-0.25, -0.2) is 4.79 Å². The van der Waals surface area contributed by atoms with E-state index in [1.54, 1.807) is 4.90 Å². The third kappa shape index (κ3) is 4.92. The summed E-state index contributed by atoms with van der Waals surface area (Å²) < 4.78 is 6.10. The van der Waals surface area contributed by atoms with Gasteiger partial charge in [0.05, 0.1) is 6.54 Å². The zero-order valence-corrected chi connectivity index (χ0v) is 12.5. The lowest BCUT2D eigenvalue weighted by Crippen LogP contribution is -2.37. The Morgan fingerprint density at radius 1 is 1.33 bits per heavy atom. The minimum absolute atomic E-state index is 0.374. The minimum Gasteiger partial charge on any atom is -0.443 e. The highest BCUT2D eigenvalue weighted by Crippen LogP contribution is 2.20. The number of amides is 1. The molecule has 4 heteroatoms. The van der Waals surface area contributed by atoms with Crippen LogP contribution in [-0.4, -0.2) is 18.2 Å². The Kier molecular flexibility index (Phi) is 4.96. The molecular weight excluding hydrogens is 294 g/mol. The summed E-state index contributed by atoms with van der Waals surface area (Å²) in [5.41, 5.74) is 0.268. The van der Waals surface area contributed by atoms with Crippen molar-refractivity contribution in [2.75, 3.05) is 11.4 Å². The molecule has 0 heterocycles. The van der Waals surface area contributed by atoms with Gasteiger partial charge >= 0.3 is 6.09 Å². The summed E-state index contributed by atoms with van der Waals surface area (Å²) in [4.78, 5) is 13.7. The Labute approximate surface area is 117 Å². The maximum absolute atomic E-state index is 12.1. The molecular formula is C14H18BrNO2. The molecule has 18 heavy (non-hydrogen) atoms. The zero-order chi connectivity index (χ0) is 13.8. The second kappa shape index (κ2) is 6.05. The molecule has 0 saturated heterocycles. The number of para-hydroxylation sites is 1. The summed E-state index contributed by atoms with van der Waals surface area (Å²) in [6.45, 7) is 9.67. The molecule has 0 spiro atoms. The van der Waals surface area contributed by atoms with Crippen LogP contribution in [0.15, 0.2) is 41.4 Å². The Bertz CT molecular complexity index is 423. The summed E-state index contributed by atoms with van der Waals surface area (Å²) in [7, 11) is 0. The molecule has 0 aliphatic heterocycles. The molecule has 0 unspecified atom stereocenters. The van der Waals surface area contributed by atoms with Crippen LogP contribution in [0.25, 0.3) is 0 Å². The summed E-state index contributed by atoms with van der Waals surface area (Å²) in [6.07, 6.45) is -0.380. The predicted molar refractivity (Wildman–Crippen MR) is 78.1 cm³/mol. The number of nitrogens with zero attached hydrogens (tertiary/aromatic N) is 1. The van der Waals surface area contributed by atoms with E-state index in [-0.39, 0.29) is 6.09 Å². The number of carbonyl (C=O) groups excluding carboxylic acids is 1. The first-order chi connectivity index (χ1) is 8.29. The van der Waals surface area contributed by atoms with Gasteiger partial charge in [0.15, 0.2) is 0 Å². The van der Waals surface area contributed by atoms with Crippen molar-refractivity contribution < 1.29 is 9.53 Å². The average Bonchev–Trinajstić information content (AvgIpc) is 2.24. The molecule has 3 nitrogen and oxygen atoms in total. The summed E-state index contributed by atoms with van der Waals surface area (Å²) in [6, 6.07) is 9.38. The molecule has 1 aromatic rings. The van der Waals surface area contributed by atoms with Crippen LogP contribution in [-0.2, 0) is 4.74 Å². The summed E-state index contributed by atoms with van der Waals surface area (Å²) >= 11 is 3.28. The Balaban J connectivity index is 2.92. The summed E-state index contributed by atoms with van der Waals surface area (Å²) in [5.74, 6) is 0. The highest BCUT2D eigenvalue weighted by molar-refractivity contribution is 9.11. The van der Waals surface area contributed by atoms with E-state index in [2.05, 4.69) is 22.5 Å². The van der Waals surface area contributed by atoms with Gasteiger partial charge in [0.25, 0.3) is 0 Å². The molecule has 0 atom stereocenters. The van der Waals surface area contributed by atoms with Gasteiger partial charge in [0.2, 0.25) is 0 Å². The fourth-order valence-corrected chi connectivity index (χ4v) is 1.61. The van der Waals surface area contributed by atoms with Gasteiger partial charge in [-0.1, -0.05) is 40.7 Å². The molecule has 0 N–H and O–H groups in total. The fourth-order valence-electron chi connectivity index (χ4n) is 1.36. The molecule has 98 valence electrons. The van der Waals surface area contributed by atoms with E-state index in [9.17, 15) is 4.79 Å². The van der Waals surface area contributed by atoms with Crippen molar-refractivity contribution >= 4 is 27.7 Å². The Hall–Kier alpha value is -1.29. The van der Waals surface area contributed by atoms with Gasteiger partial charge in [0, 0.05) is 10.2 Å². The number of ether oxygens (including phenoxy) is 1. The average molecular weight is 312 g/mol. The van der Waals surface area contributed by atoms with Crippen LogP contribution in [0, 0.1) is 0 Å². The fraction of sp³-hybridized carbons (Fsp3) is 0.357. The van der Waals surface area contributed by atoms with Crippen LogP contribution >= 0.6 is 15.9 Å². The molecule has 1 aromatic carbocycles. The van der Waals surface area contributed by atoms with E-state index in [4.69, 9.17) is 4.74 Å². The van der Waals surface area contributed by atoms with Crippen molar-refractivity contribution in [2.45, 2.75) is 26.4 Å². The normalized spacial score (nSPS) is 10.9. The number of benzene rings is 1. The molecule has 0 saturated carbocycles. The van der Waals surface area contributed by atoms with Gasteiger partial charge in [0.1, 0.15) is 5.60 Å². The first-order valence-electron chi connectivity index (χ1n) is 5.68. The second-order valence-electron chi connectivity index (χ2n) is 4.92. The molecule has 0 aliphatic rings. The number of rotatable bonds is 3. The van der Waals surface area contributed by atoms with Crippen LogP contribution in [0.5, 0.6) is 0 Å². The third-order valence-electron chi connectivity index (χ3n) is 2.01. The molecule has 1 amide bonds. The minimum atomic E-state index is -0.516. The summed E-state index contributed by atoms with van der Waals surface area (Å²) in [5, 5.41) is 0. The van der Waals surface area contributed by atoms with E-state index in [0.717, 1.165) is 10.2 Å².